The van der Waals surface area contributed by atoms with Gasteiger partial charge in [-0.15, -0.1) is 4.91 Å². The van der Waals surface area contributed by atoms with Gasteiger partial charge in [0.25, 0.3) is 0 Å². The summed E-state index contributed by atoms with van der Waals surface area (Å²) in [7, 11) is 0. The van der Waals surface area contributed by atoms with Gasteiger partial charge in [-0.05, 0) is 81.7 Å². The maximum absolute atomic E-state index is 11.1. The van der Waals surface area contributed by atoms with Gasteiger partial charge in [0, 0.05) is 31.3 Å². The maximum Gasteiger partial charge on any atom is 0.131 e. The lowest BCUT2D eigenvalue weighted by Gasteiger charge is -2.48. The molecule has 3 rings (SSSR count). The average molecular weight is 374 g/mol. The van der Waals surface area contributed by atoms with Crippen molar-refractivity contribution in [3.05, 3.63) is 28.7 Å². The largest absolute Gasteiger partial charge is 0.380 e. The van der Waals surface area contributed by atoms with Crippen LogP contribution in [0.25, 0.3) is 0 Å². The van der Waals surface area contributed by atoms with E-state index >= 15 is 0 Å². The van der Waals surface area contributed by atoms with Gasteiger partial charge in [-0.2, -0.15) is 0 Å². The van der Waals surface area contributed by atoms with Crippen molar-refractivity contribution in [2.75, 3.05) is 25.0 Å². The zero-order valence-corrected chi connectivity index (χ0v) is 17.2. The predicted molar refractivity (Wildman–Crippen MR) is 112 cm³/mol. The van der Waals surface area contributed by atoms with Gasteiger partial charge < -0.3 is 10.1 Å². The number of piperidine rings is 1. The van der Waals surface area contributed by atoms with Crippen molar-refractivity contribution in [2.24, 2.45) is 5.18 Å². The third kappa shape index (κ3) is 5.08. The van der Waals surface area contributed by atoms with Crippen molar-refractivity contribution in [3.63, 3.8) is 0 Å². The van der Waals surface area contributed by atoms with Gasteiger partial charge in [0.2, 0.25) is 0 Å². The van der Waals surface area contributed by atoms with Gasteiger partial charge in [-0.1, -0.05) is 13.0 Å². The van der Waals surface area contributed by atoms with Crippen molar-refractivity contribution in [3.8, 4) is 0 Å². The molecule has 5 nitrogen and oxygen atoms in total. The third-order valence-electron chi connectivity index (χ3n) is 6.44. The Kier molecular flexibility index (Phi) is 6.88. The summed E-state index contributed by atoms with van der Waals surface area (Å²) in [6.45, 7) is 9.79. The van der Waals surface area contributed by atoms with Crippen LogP contribution in [-0.2, 0) is 4.74 Å². The number of ether oxygens (including phenoxy) is 1. The molecule has 1 heterocycles. The fourth-order valence-electron chi connectivity index (χ4n) is 4.61. The molecule has 1 aromatic rings. The third-order valence-corrected chi connectivity index (χ3v) is 6.44. The minimum absolute atomic E-state index is 0.315. The molecule has 1 aromatic carbocycles. The summed E-state index contributed by atoms with van der Waals surface area (Å²) in [5.74, 6) is 0. The first kappa shape index (κ1) is 20.3. The van der Waals surface area contributed by atoms with E-state index in [1.807, 2.05) is 19.1 Å². The molecule has 1 aliphatic heterocycles. The summed E-state index contributed by atoms with van der Waals surface area (Å²) in [5.41, 5.74) is 2.86. The molecule has 1 saturated heterocycles. The van der Waals surface area contributed by atoms with E-state index in [1.165, 1.54) is 25.7 Å². The van der Waals surface area contributed by atoms with Crippen LogP contribution >= 0.6 is 0 Å². The van der Waals surface area contributed by atoms with Gasteiger partial charge in [0.1, 0.15) is 5.69 Å². The fourth-order valence-corrected chi connectivity index (χ4v) is 4.61. The molecular formula is C22H35N3O2. The van der Waals surface area contributed by atoms with E-state index in [9.17, 15) is 4.91 Å². The van der Waals surface area contributed by atoms with E-state index in [4.69, 9.17) is 4.74 Å². The highest BCUT2D eigenvalue weighted by Crippen LogP contribution is 2.37. The number of hydrogen-bond donors (Lipinski definition) is 1. The van der Waals surface area contributed by atoms with Gasteiger partial charge in [0.15, 0.2) is 0 Å². The Hall–Kier alpha value is -1.46. The van der Waals surface area contributed by atoms with Crippen molar-refractivity contribution in [1.82, 2.24) is 4.90 Å². The lowest BCUT2D eigenvalue weighted by molar-refractivity contribution is -0.0277. The van der Waals surface area contributed by atoms with Gasteiger partial charge in [-0.25, -0.2) is 0 Å². The predicted octanol–water partition coefficient (Wildman–Crippen LogP) is 5.40. The number of hydrogen-bond acceptors (Lipinski definition) is 5. The molecule has 0 aromatic heterocycles. The molecule has 2 aliphatic rings. The molecular weight excluding hydrogens is 338 g/mol. The topological polar surface area (TPSA) is 53.9 Å². The van der Waals surface area contributed by atoms with Gasteiger partial charge in [-0.3, -0.25) is 4.90 Å². The summed E-state index contributed by atoms with van der Waals surface area (Å²) >= 11 is 0. The number of nitrogens with one attached hydrogen (secondary N) is 1. The summed E-state index contributed by atoms with van der Waals surface area (Å²) < 4.78 is 5.96. The molecule has 0 atom stereocenters. The molecule has 150 valence electrons. The summed E-state index contributed by atoms with van der Waals surface area (Å²) in [4.78, 5) is 13.8. The monoisotopic (exact) mass is 373 g/mol. The van der Waals surface area contributed by atoms with Crippen molar-refractivity contribution < 1.29 is 4.74 Å². The first-order valence-electron chi connectivity index (χ1n) is 10.6. The SMILES string of the molecule is CCCO[C@H]1CC[C@@](C)(N2CCC(Nc3cc(C)ccc3N=O)CC2)CC1. The van der Waals surface area contributed by atoms with E-state index < -0.39 is 0 Å². The van der Waals surface area contributed by atoms with Crippen LogP contribution in [0, 0.1) is 11.8 Å². The van der Waals surface area contributed by atoms with E-state index in [0.29, 0.717) is 23.4 Å². The van der Waals surface area contributed by atoms with Crippen LogP contribution in [0.3, 0.4) is 0 Å². The number of nitrogens with zero attached hydrogens (tertiary/aromatic N) is 2. The quantitative estimate of drug-likeness (QED) is 0.650. The molecule has 0 spiro atoms. The molecule has 0 radical (unpaired) electrons. The Morgan fingerprint density at radius 2 is 1.93 bits per heavy atom. The first-order valence-corrected chi connectivity index (χ1v) is 10.6. The average Bonchev–Trinajstić information content (AvgIpc) is 2.68. The molecule has 0 unspecified atom stereocenters. The lowest BCUT2D eigenvalue weighted by atomic mass is 9.79. The Balaban J connectivity index is 1.50. The number of likely N-dealkylation sites (tertiary alicyclic amines) is 1. The zero-order chi connectivity index (χ0) is 19.3. The number of nitroso groups, excluding NO2 is 1. The van der Waals surface area contributed by atoms with Crippen LogP contribution in [0.15, 0.2) is 23.4 Å². The highest BCUT2D eigenvalue weighted by molar-refractivity contribution is 5.66. The van der Waals surface area contributed by atoms with E-state index in [2.05, 4.69) is 29.2 Å². The number of benzene rings is 1. The number of anilines is 1. The molecule has 1 N–H and O–H groups in total. The molecule has 27 heavy (non-hydrogen) atoms. The van der Waals surface area contributed by atoms with Crippen LogP contribution in [0.1, 0.15) is 64.4 Å². The Morgan fingerprint density at radius 1 is 1.22 bits per heavy atom. The summed E-state index contributed by atoms with van der Waals surface area (Å²) in [5, 5.41) is 6.74. The minimum Gasteiger partial charge on any atom is -0.380 e. The second-order valence-electron chi connectivity index (χ2n) is 8.58. The molecule has 0 amide bonds. The zero-order valence-electron chi connectivity index (χ0n) is 17.2. The van der Waals surface area contributed by atoms with E-state index in [0.717, 1.165) is 50.2 Å². The number of aryl methyl sites for hydroxylation is 1. The molecule has 2 fully saturated rings. The lowest BCUT2D eigenvalue weighted by Crippen LogP contribution is -2.53. The number of rotatable bonds is 7. The second-order valence-corrected chi connectivity index (χ2v) is 8.58. The minimum atomic E-state index is 0.315. The Labute approximate surface area is 163 Å². The molecule has 5 heteroatoms. The second kappa shape index (κ2) is 9.16. The fraction of sp³-hybridized carbons (Fsp3) is 0.727. The standard InChI is InChI=1S/C22H35N3O2/c1-4-15-27-19-7-11-22(3,12-8-19)25-13-9-18(10-14-25)23-21-16-17(2)5-6-20(21)24-26/h5-6,16,18-19,23H,4,7-15H2,1-3H3/t19-,22+. The van der Waals surface area contributed by atoms with Crippen LogP contribution in [0.2, 0.25) is 0 Å². The van der Waals surface area contributed by atoms with Crippen LogP contribution in [-0.4, -0.2) is 42.3 Å². The van der Waals surface area contributed by atoms with Crippen molar-refractivity contribution >= 4 is 11.4 Å². The highest BCUT2D eigenvalue weighted by Gasteiger charge is 2.38. The smallest absolute Gasteiger partial charge is 0.131 e. The van der Waals surface area contributed by atoms with E-state index in [1.54, 1.807) is 6.07 Å². The maximum atomic E-state index is 11.1. The summed E-state index contributed by atoms with van der Waals surface area (Å²) in [6.07, 6.45) is 8.63. The highest BCUT2D eigenvalue weighted by atomic mass is 16.5. The normalized spacial score (nSPS) is 27.4. The van der Waals surface area contributed by atoms with Gasteiger partial charge in [0.05, 0.1) is 11.8 Å². The van der Waals surface area contributed by atoms with Gasteiger partial charge >= 0.3 is 0 Å². The Bertz CT molecular complexity index is 618. The van der Waals surface area contributed by atoms with Crippen LogP contribution in [0.5, 0.6) is 0 Å². The van der Waals surface area contributed by atoms with Crippen molar-refractivity contribution in [2.45, 2.75) is 83.4 Å². The molecule has 0 bridgehead atoms. The van der Waals surface area contributed by atoms with Crippen LogP contribution < -0.4 is 5.32 Å². The Morgan fingerprint density at radius 3 is 2.56 bits per heavy atom. The first-order chi connectivity index (χ1) is 13.0. The van der Waals surface area contributed by atoms with Crippen molar-refractivity contribution in [1.29, 1.82) is 0 Å². The molecule has 1 aliphatic carbocycles. The van der Waals surface area contributed by atoms with Crippen LogP contribution in [0.4, 0.5) is 11.4 Å². The molecule has 1 saturated carbocycles. The van der Waals surface area contributed by atoms with E-state index in [-0.39, 0.29) is 0 Å². The summed E-state index contributed by atoms with van der Waals surface area (Å²) in [6, 6.07) is 6.18.